The minimum Gasteiger partial charge on any atom is -0.342 e. The molecule has 1 aromatic carbocycles. The molecule has 7 heteroatoms. The molecule has 4 rings (SSSR count). The standard InChI is InChI=1S/C17H20N6O/c1-10-5-6-13-14(8-10)19-16(18-13)12-4-3-7-23(9-12)17(24)15-11(2)20-22-21-15/h5-6,8,12H,3-4,7,9H2,1-2H3,(H,18,19)(H,20,21,22)/t12-/m0/s1. The lowest BCUT2D eigenvalue weighted by atomic mass is 9.97. The maximum Gasteiger partial charge on any atom is 0.276 e. The number of benzene rings is 1. The summed E-state index contributed by atoms with van der Waals surface area (Å²) in [5.41, 5.74) is 4.30. The van der Waals surface area contributed by atoms with Gasteiger partial charge in [0.25, 0.3) is 5.91 Å². The Hall–Kier alpha value is -2.70. The highest BCUT2D eigenvalue weighted by Gasteiger charge is 2.29. The molecule has 3 heterocycles. The summed E-state index contributed by atoms with van der Waals surface area (Å²) in [5.74, 6) is 1.13. The fourth-order valence-electron chi connectivity index (χ4n) is 3.36. The Labute approximate surface area is 139 Å². The molecule has 0 saturated carbocycles. The van der Waals surface area contributed by atoms with Crippen LogP contribution in [0.2, 0.25) is 0 Å². The van der Waals surface area contributed by atoms with Gasteiger partial charge in [0, 0.05) is 19.0 Å². The van der Waals surface area contributed by atoms with Crippen LogP contribution in [0, 0.1) is 13.8 Å². The molecule has 1 atom stereocenters. The first kappa shape index (κ1) is 14.9. The van der Waals surface area contributed by atoms with Crippen LogP contribution < -0.4 is 0 Å². The van der Waals surface area contributed by atoms with Crippen LogP contribution in [0.5, 0.6) is 0 Å². The van der Waals surface area contributed by atoms with Crippen molar-refractivity contribution in [3.63, 3.8) is 0 Å². The Bertz CT molecular complexity index is 896. The van der Waals surface area contributed by atoms with E-state index in [1.165, 1.54) is 5.56 Å². The highest BCUT2D eigenvalue weighted by molar-refractivity contribution is 5.93. The van der Waals surface area contributed by atoms with E-state index in [0.717, 1.165) is 36.2 Å². The topological polar surface area (TPSA) is 90.6 Å². The van der Waals surface area contributed by atoms with Gasteiger partial charge >= 0.3 is 0 Å². The number of nitrogens with one attached hydrogen (secondary N) is 2. The molecule has 0 aliphatic carbocycles. The first-order valence-electron chi connectivity index (χ1n) is 8.25. The van der Waals surface area contributed by atoms with E-state index in [1.54, 1.807) is 6.92 Å². The molecular weight excluding hydrogens is 304 g/mol. The summed E-state index contributed by atoms with van der Waals surface area (Å²) >= 11 is 0. The summed E-state index contributed by atoms with van der Waals surface area (Å²) in [5, 5.41) is 10.4. The van der Waals surface area contributed by atoms with Gasteiger partial charge in [-0.3, -0.25) is 4.79 Å². The maximum absolute atomic E-state index is 12.6. The predicted octanol–water partition coefficient (Wildman–Crippen LogP) is 2.32. The zero-order valence-corrected chi connectivity index (χ0v) is 13.8. The highest BCUT2D eigenvalue weighted by Crippen LogP contribution is 2.27. The molecule has 0 spiro atoms. The molecule has 24 heavy (non-hydrogen) atoms. The van der Waals surface area contributed by atoms with Gasteiger partial charge in [0.15, 0.2) is 5.69 Å². The van der Waals surface area contributed by atoms with E-state index in [1.807, 2.05) is 11.0 Å². The average Bonchev–Trinajstić information content (AvgIpc) is 3.20. The van der Waals surface area contributed by atoms with Gasteiger partial charge in [-0.15, -0.1) is 0 Å². The van der Waals surface area contributed by atoms with Crippen LogP contribution in [0.15, 0.2) is 18.2 Å². The molecular formula is C17H20N6O. The quantitative estimate of drug-likeness (QED) is 0.757. The molecule has 0 radical (unpaired) electrons. The Balaban J connectivity index is 1.57. The fraction of sp³-hybridized carbons (Fsp3) is 0.412. The number of aromatic amines is 2. The van der Waals surface area contributed by atoms with Crippen molar-refractivity contribution in [2.24, 2.45) is 0 Å². The number of nitrogens with zero attached hydrogens (tertiary/aromatic N) is 4. The van der Waals surface area contributed by atoms with E-state index < -0.39 is 0 Å². The number of rotatable bonds is 2. The van der Waals surface area contributed by atoms with Gasteiger partial charge in [0.2, 0.25) is 0 Å². The van der Waals surface area contributed by atoms with E-state index in [-0.39, 0.29) is 11.8 Å². The predicted molar refractivity (Wildman–Crippen MR) is 89.8 cm³/mol. The summed E-state index contributed by atoms with van der Waals surface area (Å²) in [6.45, 7) is 5.27. The van der Waals surface area contributed by atoms with E-state index in [9.17, 15) is 4.79 Å². The van der Waals surface area contributed by atoms with Crippen LogP contribution in [0.1, 0.15) is 46.3 Å². The molecule has 2 N–H and O–H groups in total. The Morgan fingerprint density at radius 2 is 2.17 bits per heavy atom. The van der Waals surface area contributed by atoms with Gasteiger partial charge in [0.1, 0.15) is 5.82 Å². The van der Waals surface area contributed by atoms with Crippen LogP contribution in [-0.4, -0.2) is 49.3 Å². The molecule has 1 aliphatic rings. The SMILES string of the molecule is Cc1ccc2nc([C@H]3CCCN(C(=O)c4n[nH]nc4C)C3)[nH]c2c1. The average molecular weight is 324 g/mol. The summed E-state index contributed by atoms with van der Waals surface area (Å²) < 4.78 is 0. The Morgan fingerprint density at radius 1 is 1.29 bits per heavy atom. The molecule has 1 saturated heterocycles. The van der Waals surface area contributed by atoms with Crippen molar-refractivity contribution in [1.29, 1.82) is 0 Å². The van der Waals surface area contributed by atoms with Gasteiger partial charge in [-0.2, -0.15) is 15.4 Å². The van der Waals surface area contributed by atoms with Crippen molar-refractivity contribution in [1.82, 2.24) is 30.3 Å². The van der Waals surface area contributed by atoms with Crippen molar-refractivity contribution in [2.45, 2.75) is 32.6 Å². The molecule has 2 aromatic heterocycles. The number of H-pyrrole nitrogens is 2. The smallest absolute Gasteiger partial charge is 0.276 e. The number of hydrogen-bond acceptors (Lipinski definition) is 4. The van der Waals surface area contributed by atoms with E-state index in [2.05, 4.69) is 39.5 Å². The normalized spacial score (nSPS) is 18.2. The van der Waals surface area contributed by atoms with Gasteiger partial charge in [-0.25, -0.2) is 4.98 Å². The number of carbonyl (C=O) groups is 1. The monoisotopic (exact) mass is 324 g/mol. The molecule has 1 amide bonds. The minimum absolute atomic E-state index is 0.0575. The molecule has 3 aromatic rings. The molecule has 7 nitrogen and oxygen atoms in total. The van der Waals surface area contributed by atoms with Gasteiger partial charge in [0.05, 0.1) is 16.7 Å². The van der Waals surface area contributed by atoms with Crippen LogP contribution in [0.4, 0.5) is 0 Å². The lowest BCUT2D eigenvalue weighted by Gasteiger charge is -2.31. The molecule has 0 bridgehead atoms. The van der Waals surface area contributed by atoms with Crippen molar-refractivity contribution in [2.75, 3.05) is 13.1 Å². The van der Waals surface area contributed by atoms with Crippen LogP contribution in [0.3, 0.4) is 0 Å². The minimum atomic E-state index is -0.0575. The number of carbonyl (C=O) groups excluding carboxylic acids is 1. The maximum atomic E-state index is 12.6. The first-order chi connectivity index (χ1) is 11.6. The lowest BCUT2D eigenvalue weighted by molar-refractivity contribution is 0.0698. The van der Waals surface area contributed by atoms with Crippen molar-refractivity contribution < 1.29 is 4.79 Å². The first-order valence-corrected chi connectivity index (χ1v) is 8.25. The second-order valence-electron chi connectivity index (χ2n) is 6.49. The molecule has 1 fully saturated rings. The van der Waals surface area contributed by atoms with Crippen molar-refractivity contribution in [3.05, 3.63) is 41.0 Å². The second kappa shape index (κ2) is 5.74. The zero-order valence-electron chi connectivity index (χ0n) is 13.8. The number of imidazole rings is 1. The van der Waals surface area contributed by atoms with E-state index in [0.29, 0.717) is 17.9 Å². The van der Waals surface area contributed by atoms with E-state index in [4.69, 9.17) is 4.98 Å². The van der Waals surface area contributed by atoms with Gasteiger partial charge in [-0.05, 0) is 44.4 Å². The molecule has 1 aliphatic heterocycles. The number of aromatic nitrogens is 5. The summed E-state index contributed by atoms with van der Waals surface area (Å²) in [7, 11) is 0. The number of hydrogen-bond donors (Lipinski definition) is 2. The zero-order chi connectivity index (χ0) is 16.7. The highest BCUT2D eigenvalue weighted by atomic mass is 16.2. The third-order valence-electron chi connectivity index (χ3n) is 4.68. The fourth-order valence-corrected chi connectivity index (χ4v) is 3.36. The Morgan fingerprint density at radius 3 is 2.96 bits per heavy atom. The largest absolute Gasteiger partial charge is 0.342 e. The molecule has 124 valence electrons. The number of aryl methyl sites for hydroxylation is 2. The lowest BCUT2D eigenvalue weighted by Crippen LogP contribution is -2.39. The summed E-state index contributed by atoms with van der Waals surface area (Å²) in [4.78, 5) is 22.7. The van der Waals surface area contributed by atoms with Crippen LogP contribution in [-0.2, 0) is 0 Å². The number of amides is 1. The van der Waals surface area contributed by atoms with Crippen LogP contribution >= 0.6 is 0 Å². The number of piperidine rings is 1. The third-order valence-corrected chi connectivity index (χ3v) is 4.68. The van der Waals surface area contributed by atoms with Crippen molar-refractivity contribution in [3.8, 4) is 0 Å². The summed E-state index contributed by atoms with van der Waals surface area (Å²) in [6.07, 6.45) is 1.99. The van der Waals surface area contributed by atoms with Gasteiger partial charge < -0.3 is 9.88 Å². The Kier molecular flexibility index (Phi) is 3.55. The van der Waals surface area contributed by atoms with Crippen LogP contribution in [0.25, 0.3) is 11.0 Å². The second-order valence-corrected chi connectivity index (χ2v) is 6.49. The number of fused-ring (bicyclic) bond motifs is 1. The van der Waals surface area contributed by atoms with E-state index >= 15 is 0 Å². The third kappa shape index (κ3) is 2.55. The summed E-state index contributed by atoms with van der Waals surface area (Å²) in [6, 6.07) is 6.21. The van der Waals surface area contributed by atoms with Gasteiger partial charge in [-0.1, -0.05) is 6.07 Å². The van der Waals surface area contributed by atoms with Crippen molar-refractivity contribution >= 4 is 16.9 Å². The number of likely N-dealkylation sites (tertiary alicyclic amines) is 1. The molecule has 0 unspecified atom stereocenters.